The molecule has 2 amide bonds. The van der Waals surface area contributed by atoms with Crippen molar-refractivity contribution >= 4 is 17.5 Å². The number of carbonyl (C=O) groups is 2. The minimum atomic E-state index is -0.417. The largest absolute Gasteiger partial charge is 0.289 e. The highest BCUT2D eigenvalue weighted by atomic mass is 16.5. The molecule has 0 heterocycles. The molecule has 6 nitrogen and oxygen atoms in total. The van der Waals surface area contributed by atoms with Gasteiger partial charge in [0.05, 0.1) is 0 Å². The summed E-state index contributed by atoms with van der Waals surface area (Å²) in [6, 6.07) is 0. The molecular formula is C14H25N3O3. The molecule has 6 heteroatoms. The maximum Gasteiger partial charge on any atom is 0.243 e. The lowest BCUT2D eigenvalue weighted by Crippen LogP contribution is -2.20. The van der Waals surface area contributed by atoms with E-state index >= 15 is 0 Å². The summed E-state index contributed by atoms with van der Waals surface area (Å²) in [6.07, 6.45) is 9.87. The Hall–Kier alpha value is -1.43. The maximum absolute atomic E-state index is 11.6. The highest BCUT2D eigenvalue weighted by Crippen LogP contribution is 2.14. The van der Waals surface area contributed by atoms with Crippen molar-refractivity contribution in [2.45, 2.75) is 70.6 Å². The molecule has 1 aliphatic carbocycles. The second kappa shape index (κ2) is 10.4. The average molecular weight is 283 g/mol. The highest BCUT2D eigenvalue weighted by Gasteiger charge is 2.06. The third-order valence-corrected chi connectivity index (χ3v) is 3.45. The Balaban J connectivity index is 2.15. The molecule has 0 aromatic heterocycles. The molecule has 1 fully saturated rings. The zero-order valence-electron chi connectivity index (χ0n) is 12.0. The Morgan fingerprint density at radius 3 is 2.10 bits per heavy atom. The van der Waals surface area contributed by atoms with Crippen LogP contribution in [0, 0.1) is 0 Å². The molecule has 1 saturated carbocycles. The number of hydrogen-bond acceptors (Lipinski definition) is 4. The predicted octanol–water partition coefficient (Wildman–Crippen LogP) is 2.27. The van der Waals surface area contributed by atoms with Gasteiger partial charge in [-0.25, -0.2) is 10.9 Å². The molecular weight excluding hydrogens is 258 g/mol. The normalized spacial score (nSPS) is 15.9. The van der Waals surface area contributed by atoms with Crippen molar-refractivity contribution in [1.82, 2.24) is 10.9 Å². The number of carbonyl (C=O) groups excluding carboxylic acids is 2. The van der Waals surface area contributed by atoms with E-state index in [0.717, 1.165) is 31.4 Å². The number of hydrazone groups is 1. The van der Waals surface area contributed by atoms with Crippen LogP contribution in [0.5, 0.6) is 0 Å². The van der Waals surface area contributed by atoms with Crippen LogP contribution < -0.4 is 10.9 Å². The number of nitrogens with zero attached hydrogens (tertiary/aromatic N) is 1. The van der Waals surface area contributed by atoms with E-state index in [1.54, 1.807) is 5.48 Å². The van der Waals surface area contributed by atoms with E-state index in [-0.39, 0.29) is 12.3 Å². The van der Waals surface area contributed by atoms with Gasteiger partial charge in [-0.2, -0.15) is 5.10 Å². The monoisotopic (exact) mass is 283 g/mol. The van der Waals surface area contributed by atoms with E-state index in [2.05, 4.69) is 10.5 Å². The van der Waals surface area contributed by atoms with Gasteiger partial charge in [0.2, 0.25) is 11.8 Å². The summed E-state index contributed by atoms with van der Waals surface area (Å²) in [4.78, 5) is 22.4. The Bertz CT molecular complexity index is 333. The molecule has 0 spiro atoms. The van der Waals surface area contributed by atoms with Crippen LogP contribution in [0.1, 0.15) is 70.6 Å². The quantitative estimate of drug-likeness (QED) is 0.397. The van der Waals surface area contributed by atoms with Crippen molar-refractivity contribution in [3.63, 3.8) is 0 Å². The average Bonchev–Trinajstić information content (AvgIpc) is 2.42. The van der Waals surface area contributed by atoms with Gasteiger partial charge in [-0.3, -0.25) is 14.8 Å². The van der Waals surface area contributed by atoms with Gasteiger partial charge in [-0.05, 0) is 38.5 Å². The molecule has 0 aromatic carbocycles. The summed E-state index contributed by atoms with van der Waals surface area (Å²) in [6.45, 7) is 0. The van der Waals surface area contributed by atoms with Gasteiger partial charge < -0.3 is 0 Å². The molecule has 114 valence electrons. The van der Waals surface area contributed by atoms with E-state index in [1.807, 2.05) is 0 Å². The first kappa shape index (κ1) is 16.6. The van der Waals surface area contributed by atoms with E-state index in [4.69, 9.17) is 5.21 Å². The van der Waals surface area contributed by atoms with Crippen molar-refractivity contribution in [2.24, 2.45) is 5.10 Å². The first-order chi connectivity index (χ1) is 9.72. The van der Waals surface area contributed by atoms with Crippen molar-refractivity contribution in [3.05, 3.63) is 0 Å². The molecule has 20 heavy (non-hydrogen) atoms. The van der Waals surface area contributed by atoms with Crippen LogP contribution >= 0.6 is 0 Å². The van der Waals surface area contributed by atoms with E-state index in [0.29, 0.717) is 19.3 Å². The van der Waals surface area contributed by atoms with E-state index in [1.165, 1.54) is 19.3 Å². The van der Waals surface area contributed by atoms with E-state index < -0.39 is 5.91 Å². The Morgan fingerprint density at radius 2 is 1.50 bits per heavy atom. The number of hydrogen-bond donors (Lipinski definition) is 3. The van der Waals surface area contributed by atoms with Gasteiger partial charge in [-0.15, -0.1) is 0 Å². The molecule has 0 atom stereocenters. The van der Waals surface area contributed by atoms with Crippen LogP contribution in [0.15, 0.2) is 5.10 Å². The van der Waals surface area contributed by atoms with Crippen LogP contribution in [0.4, 0.5) is 0 Å². The minimum absolute atomic E-state index is 0.107. The highest BCUT2D eigenvalue weighted by molar-refractivity contribution is 5.86. The molecule has 0 aromatic rings. The van der Waals surface area contributed by atoms with Crippen LogP contribution in [0.2, 0.25) is 0 Å². The fourth-order valence-corrected chi connectivity index (χ4v) is 2.25. The first-order valence-corrected chi connectivity index (χ1v) is 7.49. The summed E-state index contributed by atoms with van der Waals surface area (Å²) in [5.74, 6) is -0.524. The second-order valence-electron chi connectivity index (χ2n) is 5.22. The van der Waals surface area contributed by atoms with Crippen molar-refractivity contribution in [3.8, 4) is 0 Å². The lowest BCUT2D eigenvalue weighted by molar-refractivity contribution is -0.129. The molecule has 3 N–H and O–H groups in total. The van der Waals surface area contributed by atoms with Crippen LogP contribution in [-0.2, 0) is 9.59 Å². The van der Waals surface area contributed by atoms with Gasteiger partial charge in [0, 0.05) is 18.6 Å². The Kier molecular flexibility index (Phi) is 8.62. The summed E-state index contributed by atoms with van der Waals surface area (Å²) >= 11 is 0. The van der Waals surface area contributed by atoms with Crippen LogP contribution in [0.3, 0.4) is 0 Å². The molecule has 0 bridgehead atoms. The maximum atomic E-state index is 11.6. The first-order valence-electron chi connectivity index (χ1n) is 7.49. The summed E-state index contributed by atoms with van der Waals surface area (Å²) in [5, 5.41) is 12.5. The zero-order chi connectivity index (χ0) is 14.6. The van der Waals surface area contributed by atoms with Crippen molar-refractivity contribution in [2.75, 3.05) is 0 Å². The fourth-order valence-electron chi connectivity index (χ4n) is 2.25. The van der Waals surface area contributed by atoms with Crippen LogP contribution in [-0.4, -0.2) is 22.7 Å². The van der Waals surface area contributed by atoms with Gasteiger partial charge in [0.15, 0.2) is 0 Å². The summed E-state index contributed by atoms with van der Waals surface area (Å²) in [7, 11) is 0. The smallest absolute Gasteiger partial charge is 0.243 e. The molecule has 0 aliphatic heterocycles. The van der Waals surface area contributed by atoms with Gasteiger partial charge >= 0.3 is 0 Å². The van der Waals surface area contributed by atoms with Crippen molar-refractivity contribution in [1.29, 1.82) is 0 Å². The van der Waals surface area contributed by atoms with Gasteiger partial charge in [0.25, 0.3) is 0 Å². The number of nitrogens with one attached hydrogen (secondary N) is 2. The van der Waals surface area contributed by atoms with E-state index in [9.17, 15) is 9.59 Å². The molecule has 0 radical (unpaired) electrons. The fraction of sp³-hybridized carbons (Fsp3) is 0.786. The van der Waals surface area contributed by atoms with Gasteiger partial charge in [0.1, 0.15) is 0 Å². The number of unbranched alkanes of at least 4 members (excludes halogenated alkanes) is 1. The van der Waals surface area contributed by atoms with Crippen LogP contribution in [0.25, 0.3) is 0 Å². The predicted molar refractivity (Wildman–Crippen MR) is 76.3 cm³/mol. The molecule has 0 saturated heterocycles. The molecule has 1 rings (SSSR count). The number of hydroxylamine groups is 1. The minimum Gasteiger partial charge on any atom is -0.289 e. The zero-order valence-corrected chi connectivity index (χ0v) is 12.0. The molecule has 1 aliphatic rings. The van der Waals surface area contributed by atoms with Gasteiger partial charge in [-0.1, -0.05) is 19.3 Å². The topological polar surface area (TPSA) is 90.8 Å². The second-order valence-corrected chi connectivity index (χ2v) is 5.22. The molecule has 0 unspecified atom stereocenters. The SMILES string of the molecule is O=C(CCCCC(=O)NN=C1CCCCCCC1)NO. The summed E-state index contributed by atoms with van der Waals surface area (Å²) in [5.41, 5.74) is 5.27. The Labute approximate surface area is 120 Å². The number of amides is 2. The lowest BCUT2D eigenvalue weighted by Gasteiger charge is -2.10. The van der Waals surface area contributed by atoms with Crippen molar-refractivity contribution < 1.29 is 14.8 Å². The summed E-state index contributed by atoms with van der Waals surface area (Å²) < 4.78 is 0. The number of rotatable bonds is 6. The third-order valence-electron chi connectivity index (χ3n) is 3.45. The lowest BCUT2D eigenvalue weighted by atomic mass is 9.99. The Morgan fingerprint density at radius 1 is 0.950 bits per heavy atom. The standard InChI is InChI=1S/C14H25N3O3/c18-13(10-6-7-11-14(19)17-20)16-15-12-8-4-2-1-3-5-9-12/h20H,1-11H2,(H,16,18)(H,17,19). The third kappa shape index (κ3) is 7.89.